The standard InChI is InChI=1S/C12H12FNO.ClH/c13-11-4-1-3-10(7-11)8-14-9-12-5-2-6-15-12;/h1-7,14H,8-9H2;1H. The summed E-state index contributed by atoms with van der Waals surface area (Å²) in [6.45, 7) is 1.29. The summed E-state index contributed by atoms with van der Waals surface area (Å²) in [6.07, 6.45) is 1.64. The molecule has 2 rings (SSSR count). The summed E-state index contributed by atoms with van der Waals surface area (Å²) in [4.78, 5) is 0. The predicted octanol–water partition coefficient (Wildman–Crippen LogP) is 3.13. The Hall–Kier alpha value is -1.32. The molecule has 0 unspecified atom stereocenters. The number of rotatable bonds is 4. The largest absolute Gasteiger partial charge is 0.468 e. The molecular formula is C12H13ClFNO. The van der Waals surface area contributed by atoms with Crippen molar-refractivity contribution in [3.05, 3.63) is 59.8 Å². The van der Waals surface area contributed by atoms with Crippen LogP contribution < -0.4 is 5.32 Å². The monoisotopic (exact) mass is 241 g/mol. The predicted molar refractivity (Wildman–Crippen MR) is 62.9 cm³/mol. The Morgan fingerprint density at radius 1 is 1.12 bits per heavy atom. The summed E-state index contributed by atoms with van der Waals surface area (Å²) in [7, 11) is 0. The first-order valence-corrected chi connectivity index (χ1v) is 4.82. The quantitative estimate of drug-likeness (QED) is 0.890. The Balaban J connectivity index is 0.00000128. The number of hydrogen-bond acceptors (Lipinski definition) is 2. The van der Waals surface area contributed by atoms with E-state index in [-0.39, 0.29) is 18.2 Å². The first kappa shape index (κ1) is 12.7. The van der Waals surface area contributed by atoms with Crippen LogP contribution in [0.5, 0.6) is 0 Å². The molecule has 0 radical (unpaired) electrons. The molecule has 0 spiro atoms. The Morgan fingerprint density at radius 2 is 2.00 bits per heavy atom. The van der Waals surface area contributed by atoms with Crippen LogP contribution in [0.2, 0.25) is 0 Å². The molecule has 2 aromatic rings. The van der Waals surface area contributed by atoms with Gasteiger partial charge in [0.05, 0.1) is 12.8 Å². The normalized spacial score (nSPS) is 9.81. The number of hydrogen-bond donors (Lipinski definition) is 1. The summed E-state index contributed by atoms with van der Waals surface area (Å²) in [5.41, 5.74) is 0.932. The zero-order valence-electron chi connectivity index (χ0n) is 8.65. The van der Waals surface area contributed by atoms with Crippen molar-refractivity contribution < 1.29 is 8.81 Å². The van der Waals surface area contributed by atoms with Crippen molar-refractivity contribution in [3.8, 4) is 0 Å². The highest BCUT2D eigenvalue weighted by molar-refractivity contribution is 5.85. The lowest BCUT2D eigenvalue weighted by Crippen LogP contribution is -2.12. The third-order valence-electron chi connectivity index (χ3n) is 2.10. The molecule has 0 aliphatic heterocycles. The van der Waals surface area contributed by atoms with Gasteiger partial charge in [-0.1, -0.05) is 12.1 Å². The van der Waals surface area contributed by atoms with Gasteiger partial charge in [-0.2, -0.15) is 0 Å². The Morgan fingerprint density at radius 3 is 2.69 bits per heavy atom. The number of furan rings is 1. The molecule has 1 aromatic carbocycles. The Kier molecular flexibility index (Phi) is 5.02. The van der Waals surface area contributed by atoms with Crippen LogP contribution in [-0.2, 0) is 13.1 Å². The molecule has 1 aromatic heterocycles. The van der Waals surface area contributed by atoms with Gasteiger partial charge in [0, 0.05) is 6.54 Å². The van der Waals surface area contributed by atoms with Crippen LogP contribution in [0.15, 0.2) is 47.1 Å². The fourth-order valence-corrected chi connectivity index (χ4v) is 1.39. The minimum absolute atomic E-state index is 0. The SMILES string of the molecule is Cl.Fc1cccc(CNCc2ccco2)c1. The van der Waals surface area contributed by atoms with Gasteiger partial charge in [-0.05, 0) is 29.8 Å². The van der Waals surface area contributed by atoms with E-state index in [1.807, 2.05) is 18.2 Å². The maximum Gasteiger partial charge on any atom is 0.123 e. The molecule has 0 bridgehead atoms. The van der Waals surface area contributed by atoms with Gasteiger partial charge in [-0.25, -0.2) is 4.39 Å². The van der Waals surface area contributed by atoms with E-state index in [2.05, 4.69) is 5.32 Å². The molecule has 0 amide bonds. The molecule has 0 atom stereocenters. The highest BCUT2D eigenvalue weighted by atomic mass is 35.5. The number of nitrogens with one attached hydrogen (secondary N) is 1. The van der Waals surface area contributed by atoms with E-state index in [4.69, 9.17) is 4.42 Å². The van der Waals surface area contributed by atoms with Gasteiger partial charge in [-0.3, -0.25) is 0 Å². The van der Waals surface area contributed by atoms with Crippen molar-refractivity contribution in [1.29, 1.82) is 0 Å². The van der Waals surface area contributed by atoms with Gasteiger partial charge in [0.1, 0.15) is 11.6 Å². The van der Waals surface area contributed by atoms with Gasteiger partial charge >= 0.3 is 0 Å². The molecule has 1 N–H and O–H groups in total. The molecule has 1 heterocycles. The van der Waals surface area contributed by atoms with Crippen molar-refractivity contribution in [1.82, 2.24) is 5.32 Å². The summed E-state index contributed by atoms with van der Waals surface area (Å²) < 4.78 is 18.0. The first-order chi connectivity index (χ1) is 7.34. The van der Waals surface area contributed by atoms with Gasteiger partial charge in [0.15, 0.2) is 0 Å². The lowest BCUT2D eigenvalue weighted by atomic mass is 10.2. The maximum absolute atomic E-state index is 12.8. The highest BCUT2D eigenvalue weighted by Gasteiger charge is 1.97. The minimum Gasteiger partial charge on any atom is -0.468 e. The topological polar surface area (TPSA) is 25.2 Å². The first-order valence-electron chi connectivity index (χ1n) is 4.82. The molecule has 0 fully saturated rings. The van der Waals surface area contributed by atoms with Gasteiger partial charge in [-0.15, -0.1) is 12.4 Å². The van der Waals surface area contributed by atoms with E-state index >= 15 is 0 Å². The maximum atomic E-state index is 12.8. The van der Waals surface area contributed by atoms with Crippen LogP contribution in [0.1, 0.15) is 11.3 Å². The van der Waals surface area contributed by atoms with Crippen LogP contribution in [-0.4, -0.2) is 0 Å². The molecule has 0 aliphatic carbocycles. The zero-order valence-corrected chi connectivity index (χ0v) is 9.47. The average Bonchev–Trinajstić information content (AvgIpc) is 2.71. The second kappa shape index (κ2) is 6.30. The lowest BCUT2D eigenvalue weighted by molar-refractivity contribution is 0.482. The molecular weight excluding hydrogens is 229 g/mol. The van der Waals surface area contributed by atoms with Gasteiger partial charge < -0.3 is 9.73 Å². The molecule has 4 heteroatoms. The molecule has 0 saturated carbocycles. The van der Waals surface area contributed by atoms with Crippen molar-refractivity contribution in [3.63, 3.8) is 0 Å². The third-order valence-corrected chi connectivity index (χ3v) is 2.10. The molecule has 16 heavy (non-hydrogen) atoms. The van der Waals surface area contributed by atoms with E-state index in [1.54, 1.807) is 12.3 Å². The zero-order chi connectivity index (χ0) is 10.5. The number of halogens is 2. The summed E-state index contributed by atoms with van der Waals surface area (Å²) >= 11 is 0. The van der Waals surface area contributed by atoms with E-state index in [0.717, 1.165) is 11.3 Å². The Labute approximate surface area is 99.9 Å². The molecule has 0 saturated heterocycles. The molecule has 2 nitrogen and oxygen atoms in total. The fourth-order valence-electron chi connectivity index (χ4n) is 1.39. The van der Waals surface area contributed by atoms with Gasteiger partial charge in [0.2, 0.25) is 0 Å². The van der Waals surface area contributed by atoms with Crippen LogP contribution in [0.4, 0.5) is 4.39 Å². The van der Waals surface area contributed by atoms with E-state index in [9.17, 15) is 4.39 Å². The molecule has 0 aliphatic rings. The van der Waals surface area contributed by atoms with E-state index in [0.29, 0.717) is 13.1 Å². The van der Waals surface area contributed by atoms with E-state index < -0.39 is 0 Å². The highest BCUT2D eigenvalue weighted by Crippen LogP contribution is 2.04. The van der Waals surface area contributed by atoms with Crippen molar-refractivity contribution in [2.75, 3.05) is 0 Å². The van der Waals surface area contributed by atoms with Crippen LogP contribution >= 0.6 is 12.4 Å². The number of benzene rings is 1. The second-order valence-corrected chi connectivity index (χ2v) is 3.31. The minimum atomic E-state index is -0.202. The molecule has 86 valence electrons. The summed E-state index contributed by atoms with van der Waals surface area (Å²) in [6, 6.07) is 10.3. The van der Waals surface area contributed by atoms with Crippen molar-refractivity contribution in [2.45, 2.75) is 13.1 Å². The van der Waals surface area contributed by atoms with Crippen molar-refractivity contribution in [2.24, 2.45) is 0 Å². The van der Waals surface area contributed by atoms with Crippen LogP contribution in [0.25, 0.3) is 0 Å². The summed E-state index contributed by atoms with van der Waals surface area (Å²) in [5.74, 6) is 0.679. The summed E-state index contributed by atoms with van der Waals surface area (Å²) in [5, 5.41) is 3.17. The third kappa shape index (κ3) is 3.68. The van der Waals surface area contributed by atoms with Crippen molar-refractivity contribution >= 4 is 12.4 Å². The fraction of sp³-hybridized carbons (Fsp3) is 0.167. The smallest absolute Gasteiger partial charge is 0.123 e. The second-order valence-electron chi connectivity index (χ2n) is 3.31. The van der Waals surface area contributed by atoms with E-state index in [1.165, 1.54) is 12.1 Å². The van der Waals surface area contributed by atoms with Crippen LogP contribution in [0.3, 0.4) is 0 Å². The van der Waals surface area contributed by atoms with Crippen LogP contribution in [0, 0.1) is 5.82 Å². The Bertz CT molecular complexity index is 417. The van der Waals surface area contributed by atoms with Gasteiger partial charge in [0.25, 0.3) is 0 Å². The lowest BCUT2D eigenvalue weighted by Gasteiger charge is -2.02. The average molecular weight is 242 g/mol.